The number of rotatable bonds is 12. The predicted molar refractivity (Wildman–Crippen MR) is 138 cm³/mol. The molecule has 2 amide bonds. The number of sulfonamides is 1. The summed E-state index contributed by atoms with van der Waals surface area (Å²) in [5, 5.41) is 3.48. The molecule has 0 aromatic heterocycles. The summed E-state index contributed by atoms with van der Waals surface area (Å²) in [7, 11) is -3.78. The number of nitrogens with one attached hydrogen (secondary N) is 1. The van der Waals surface area contributed by atoms with E-state index in [9.17, 15) is 22.4 Å². The van der Waals surface area contributed by atoms with Crippen LogP contribution in [0.3, 0.4) is 0 Å². The molecule has 35 heavy (non-hydrogen) atoms. The van der Waals surface area contributed by atoms with Gasteiger partial charge in [0.1, 0.15) is 11.9 Å². The van der Waals surface area contributed by atoms with Crippen molar-refractivity contribution in [1.29, 1.82) is 0 Å². The fourth-order valence-electron chi connectivity index (χ4n) is 3.45. The average Bonchev–Trinajstić information content (AvgIpc) is 2.80. The van der Waals surface area contributed by atoms with E-state index in [2.05, 4.69) is 5.32 Å². The lowest BCUT2D eigenvalue weighted by molar-refractivity contribution is -0.140. The van der Waals surface area contributed by atoms with Crippen LogP contribution in [0.4, 0.5) is 10.1 Å². The van der Waals surface area contributed by atoms with Crippen LogP contribution in [0.15, 0.2) is 42.5 Å². The molecule has 0 saturated heterocycles. The van der Waals surface area contributed by atoms with Gasteiger partial charge in [-0.25, -0.2) is 12.8 Å². The molecule has 0 aliphatic heterocycles. The number of carbonyl (C=O) groups excluding carboxylic acids is 2. The Kier molecular flexibility index (Phi) is 10.8. The first-order valence-electron chi connectivity index (χ1n) is 11.2. The van der Waals surface area contributed by atoms with Crippen molar-refractivity contribution in [2.24, 2.45) is 0 Å². The van der Waals surface area contributed by atoms with E-state index in [0.29, 0.717) is 22.2 Å². The summed E-state index contributed by atoms with van der Waals surface area (Å²) in [4.78, 5) is 27.2. The summed E-state index contributed by atoms with van der Waals surface area (Å²) in [6.07, 6.45) is 1.81. The van der Waals surface area contributed by atoms with Crippen molar-refractivity contribution in [3.8, 4) is 0 Å². The van der Waals surface area contributed by atoms with E-state index in [1.807, 2.05) is 6.92 Å². The third kappa shape index (κ3) is 8.37. The number of benzene rings is 2. The minimum absolute atomic E-state index is 0.0484. The maximum absolute atomic E-state index is 14.2. The number of nitrogens with zero attached hydrogens (tertiary/aromatic N) is 2. The molecule has 2 aromatic carbocycles. The molecule has 11 heteroatoms. The van der Waals surface area contributed by atoms with Crippen molar-refractivity contribution < 1.29 is 22.4 Å². The monoisotopic (exact) mass is 545 g/mol. The van der Waals surface area contributed by atoms with E-state index in [0.717, 1.165) is 17.0 Å². The Balaban J connectivity index is 2.19. The molecule has 2 aromatic rings. The van der Waals surface area contributed by atoms with Crippen molar-refractivity contribution >= 4 is 50.7 Å². The molecular formula is C24H30Cl2FN3O4S. The van der Waals surface area contributed by atoms with Gasteiger partial charge in [0, 0.05) is 26.1 Å². The zero-order valence-corrected chi connectivity index (χ0v) is 22.3. The second-order valence-corrected chi connectivity index (χ2v) is 10.8. The minimum Gasteiger partial charge on any atom is -0.354 e. The zero-order chi connectivity index (χ0) is 26.2. The number of carbonyl (C=O) groups is 2. The maximum atomic E-state index is 14.2. The molecular weight excluding hydrogens is 516 g/mol. The van der Waals surface area contributed by atoms with Gasteiger partial charge in [-0.15, -0.1) is 0 Å². The fraction of sp³-hybridized carbons (Fsp3) is 0.417. The third-order valence-corrected chi connectivity index (χ3v) is 7.25. The molecule has 1 atom stereocenters. The Morgan fingerprint density at radius 2 is 1.80 bits per heavy atom. The molecule has 7 nitrogen and oxygen atoms in total. The molecule has 0 spiro atoms. The molecule has 0 fully saturated rings. The normalized spacial score (nSPS) is 12.2. The molecule has 0 bridgehead atoms. The lowest BCUT2D eigenvalue weighted by atomic mass is 10.1. The lowest BCUT2D eigenvalue weighted by Crippen LogP contribution is -2.47. The number of anilines is 1. The number of halogens is 3. The summed E-state index contributed by atoms with van der Waals surface area (Å²) in [6, 6.07) is 9.73. The van der Waals surface area contributed by atoms with Crippen LogP contribution in [-0.2, 0) is 26.2 Å². The minimum atomic E-state index is -3.78. The molecule has 0 unspecified atom stereocenters. The summed E-state index contributed by atoms with van der Waals surface area (Å²) < 4.78 is 39.7. The van der Waals surface area contributed by atoms with Crippen molar-refractivity contribution in [2.75, 3.05) is 23.7 Å². The average molecular weight is 546 g/mol. The number of hydrogen-bond donors (Lipinski definition) is 1. The van der Waals surface area contributed by atoms with Crippen LogP contribution in [-0.4, -0.2) is 50.5 Å². The van der Waals surface area contributed by atoms with Gasteiger partial charge in [0.2, 0.25) is 21.8 Å². The maximum Gasteiger partial charge on any atom is 0.242 e. The Bertz CT molecular complexity index is 1150. The summed E-state index contributed by atoms with van der Waals surface area (Å²) in [5.74, 6) is -1.33. The topological polar surface area (TPSA) is 86.8 Å². The van der Waals surface area contributed by atoms with Gasteiger partial charge in [0.05, 0.1) is 22.0 Å². The number of amides is 2. The van der Waals surface area contributed by atoms with Crippen LogP contribution in [0.1, 0.15) is 38.7 Å². The van der Waals surface area contributed by atoms with Gasteiger partial charge in [-0.1, -0.05) is 48.3 Å². The highest BCUT2D eigenvalue weighted by atomic mass is 35.5. The van der Waals surface area contributed by atoms with Crippen LogP contribution >= 0.6 is 23.2 Å². The Labute approximate surface area is 216 Å². The molecule has 0 saturated carbocycles. The van der Waals surface area contributed by atoms with Crippen molar-refractivity contribution in [2.45, 2.75) is 45.7 Å². The van der Waals surface area contributed by atoms with E-state index in [1.54, 1.807) is 25.1 Å². The van der Waals surface area contributed by atoms with Crippen molar-refractivity contribution in [3.63, 3.8) is 0 Å². The first-order chi connectivity index (χ1) is 16.5. The highest BCUT2D eigenvalue weighted by molar-refractivity contribution is 7.92. The summed E-state index contributed by atoms with van der Waals surface area (Å²) in [5.41, 5.74) is 0.606. The molecule has 0 heterocycles. The Morgan fingerprint density at radius 1 is 1.11 bits per heavy atom. The van der Waals surface area contributed by atoms with E-state index in [-0.39, 0.29) is 43.4 Å². The van der Waals surface area contributed by atoms with Gasteiger partial charge >= 0.3 is 0 Å². The molecule has 0 aliphatic carbocycles. The van der Waals surface area contributed by atoms with Gasteiger partial charge in [-0.05, 0) is 49.6 Å². The smallest absolute Gasteiger partial charge is 0.242 e. The summed E-state index contributed by atoms with van der Waals surface area (Å²) >= 11 is 12.1. The van der Waals surface area contributed by atoms with Crippen molar-refractivity contribution in [3.05, 3.63) is 63.9 Å². The van der Waals surface area contributed by atoms with Crippen LogP contribution in [0.5, 0.6) is 0 Å². The Hall–Kier alpha value is -2.36. The van der Waals surface area contributed by atoms with Crippen molar-refractivity contribution in [1.82, 2.24) is 10.2 Å². The third-order valence-electron chi connectivity index (χ3n) is 5.33. The molecule has 1 N–H and O–H groups in total. The highest BCUT2D eigenvalue weighted by Crippen LogP contribution is 2.25. The first-order valence-corrected chi connectivity index (χ1v) is 13.8. The van der Waals surface area contributed by atoms with E-state index in [4.69, 9.17) is 23.2 Å². The molecule has 192 valence electrons. The standard InChI is InChI=1S/C24H30Cl2FN3O4S/c1-4-13-28-24(32)17(2)29(16-18-11-12-19(25)20(26)15-18)23(31)10-7-14-30(35(3,33)34)22-9-6-5-8-21(22)27/h5-6,8-9,11-12,15,17H,4,7,10,13-14,16H2,1-3H3,(H,28,32)/t17-/m0/s1. The van der Waals surface area contributed by atoms with Gasteiger partial charge < -0.3 is 10.2 Å². The number of para-hydroxylation sites is 1. The van der Waals surface area contributed by atoms with Gasteiger partial charge in [0.25, 0.3) is 0 Å². The lowest BCUT2D eigenvalue weighted by Gasteiger charge is -2.29. The van der Waals surface area contributed by atoms with E-state index < -0.39 is 21.9 Å². The SMILES string of the molecule is CCCNC(=O)[C@H](C)N(Cc1ccc(Cl)c(Cl)c1)C(=O)CCCN(c1ccccc1F)S(C)(=O)=O. The second kappa shape index (κ2) is 13.1. The summed E-state index contributed by atoms with van der Waals surface area (Å²) in [6.45, 7) is 4.04. The van der Waals surface area contributed by atoms with Crippen LogP contribution in [0, 0.1) is 5.82 Å². The largest absolute Gasteiger partial charge is 0.354 e. The van der Waals surface area contributed by atoms with E-state index >= 15 is 0 Å². The van der Waals surface area contributed by atoms with Gasteiger partial charge in [-0.2, -0.15) is 0 Å². The van der Waals surface area contributed by atoms with Gasteiger partial charge in [0.15, 0.2) is 0 Å². The van der Waals surface area contributed by atoms with Crippen LogP contribution < -0.4 is 9.62 Å². The molecule has 2 rings (SSSR count). The fourth-order valence-corrected chi connectivity index (χ4v) is 4.74. The van der Waals surface area contributed by atoms with Crippen LogP contribution in [0.2, 0.25) is 10.0 Å². The predicted octanol–water partition coefficient (Wildman–Crippen LogP) is 4.62. The Morgan fingerprint density at radius 3 is 2.40 bits per heavy atom. The molecule has 0 radical (unpaired) electrons. The highest BCUT2D eigenvalue weighted by Gasteiger charge is 2.27. The van der Waals surface area contributed by atoms with Crippen LogP contribution in [0.25, 0.3) is 0 Å². The zero-order valence-electron chi connectivity index (χ0n) is 19.9. The number of hydrogen-bond acceptors (Lipinski definition) is 4. The molecule has 0 aliphatic rings. The van der Waals surface area contributed by atoms with E-state index in [1.165, 1.54) is 29.2 Å². The second-order valence-electron chi connectivity index (χ2n) is 8.13. The quantitative estimate of drug-likeness (QED) is 0.421. The first kappa shape index (κ1) is 28.9. The van der Waals surface area contributed by atoms with Gasteiger partial charge in [-0.3, -0.25) is 13.9 Å².